The quantitative estimate of drug-likeness (QED) is 0.594. The Morgan fingerprint density at radius 1 is 0.833 bits per heavy atom. The van der Waals surface area contributed by atoms with E-state index in [0.717, 1.165) is 18.2 Å². The normalized spacial score (nSPS) is 16.2. The van der Waals surface area contributed by atoms with Crippen molar-refractivity contribution in [3.05, 3.63) is 65.2 Å². The first kappa shape index (κ1) is 26.4. The molecule has 3 nitrogen and oxygen atoms in total. The SMILES string of the molecule is Cl.Cl.FC(F)(F)Oc1ccc([C@H](c2ccccc2C(F)(F)F)N2CCNCC2)cc1. The van der Waals surface area contributed by atoms with Gasteiger partial charge in [0.25, 0.3) is 0 Å². The molecule has 0 aliphatic carbocycles. The van der Waals surface area contributed by atoms with Crippen molar-refractivity contribution in [2.75, 3.05) is 26.2 Å². The van der Waals surface area contributed by atoms with Crippen molar-refractivity contribution < 1.29 is 31.1 Å². The molecule has 2 aromatic carbocycles. The van der Waals surface area contributed by atoms with Crippen LogP contribution in [0.15, 0.2) is 48.5 Å². The van der Waals surface area contributed by atoms with Crippen LogP contribution >= 0.6 is 24.8 Å². The standard InChI is InChI=1S/C19H18F6N2O.2ClH/c20-18(21,22)16-4-2-1-3-15(16)17(27-11-9-26-10-12-27)13-5-7-14(8-6-13)28-19(23,24)25;;/h1-8,17,26H,9-12H2;2*1H/t17-;;/m1../s1. The van der Waals surface area contributed by atoms with Gasteiger partial charge >= 0.3 is 12.5 Å². The molecule has 1 aliphatic rings. The Hall–Kier alpha value is -1.68. The molecule has 1 saturated heterocycles. The minimum absolute atomic E-state index is 0. The maximum absolute atomic E-state index is 13.6. The van der Waals surface area contributed by atoms with E-state index in [4.69, 9.17) is 0 Å². The van der Waals surface area contributed by atoms with Crippen molar-refractivity contribution in [1.29, 1.82) is 0 Å². The molecule has 168 valence electrons. The molecular formula is C19H20Cl2F6N2O. The lowest BCUT2D eigenvalue weighted by Crippen LogP contribution is -2.45. The fourth-order valence-electron chi connectivity index (χ4n) is 3.37. The Morgan fingerprint density at radius 2 is 1.40 bits per heavy atom. The van der Waals surface area contributed by atoms with Crippen LogP contribution in [-0.4, -0.2) is 37.4 Å². The van der Waals surface area contributed by atoms with Gasteiger partial charge in [-0.2, -0.15) is 13.2 Å². The predicted molar refractivity (Wildman–Crippen MR) is 105 cm³/mol. The van der Waals surface area contributed by atoms with Crippen molar-refractivity contribution in [3.8, 4) is 5.75 Å². The first-order valence-corrected chi connectivity index (χ1v) is 8.62. The van der Waals surface area contributed by atoms with Crippen LogP contribution < -0.4 is 10.1 Å². The molecule has 1 heterocycles. The summed E-state index contributed by atoms with van der Waals surface area (Å²) in [7, 11) is 0. The van der Waals surface area contributed by atoms with Crippen molar-refractivity contribution in [1.82, 2.24) is 10.2 Å². The van der Waals surface area contributed by atoms with Crippen molar-refractivity contribution in [2.45, 2.75) is 18.6 Å². The van der Waals surface area contributed by atoms with Gasteiger partial charge in [-0.1, -0.05) is 30.3 Å². The highest BCUT2D eigenvalue weighted by Crippen LogP contribution is 2.39. The van der Waals surface area contributed by atoms with E-state index in [0.29, 0.717) is 31.7 Å². The molecule has 0 bridgehead atoms. The van der Waals surface area contributed by atoms with Gasteiger partial charge in [-0.15, -0.1) is 38.0 Å². The van der Waals surface area contributed by atoms with Gasteiger partial charge in [-0.3, -0.25) is 4.90 Å². The lowest BCUT2D eigenvalue weighted by atomic mass is 9.92. The highest BCUT2D eigenvalue weighted by molar-refractivity contribution is 5.85. The first-order valence-electron chi connectivity index (χ1n) is 8.62. The molecule has 0 amide bonds. The minimum Gasteiger partial charge on any atom is -0.406 e. The molecule has 1 aliphatic heterocycles. The maximum Gasteiger partial charge on any atom is 0.573 e. The van der Waals surface area contributed by atoms with Gasteiger partial charge in [0.15, 0.2) is 0 Å². The smallest absolute Gasteiger partial charge is 0.406 e. The summed E-state index contributed by atoms with van der Waals surface area (Å²) >= 11 is 0. The largest absolute Gasteiger partial charge is 0.573 e. The third-order valence-corrected chi connectivity index (χ3v) is 4.51. The lowest BCUT2D eigenvalue weighted by molar-refractivity contribution is -0.274. The number of alkyl halides is 6. The third kappa shape index (κ3) is 6.66. The number of piperazine rings is 1. The number of nitrogens with zero attached hydrogens (tertiary/aromatic N) is 1. The third-order valence-electron chi connectivity index (χ3n) is 4.51. The molecule has 1 atom stereocenters. The second-order valence-corrected chi connectivity index (χ2v) is 6.39. The number of hydrogen-bond donors (Lipinski definition) is 1. The van der Waals surface area contributed by atoms with Crippen LogP contribution in [0.5, 0.6) is 5.75 Å². The van der Waals surface area contributed by atoms with Gasteiger partial charge in [0.1, 0.15) is 5.75 Å². The van der Waals surface area contributed by atoms with Crippen LogP contribution in [0.1, 0.15) is 22.7 Å². The van der Waals surface area contributed by atoms with Crippen molar-refractivity contribution in [2.24, 2.45) is 0 Å². The van der Waals surface area contributed by atoms with E-state index in [1.54, 1.807) is 0 Å². The lowest BCUT2D eigenvalue weighted by Gasteiger charge is -2.36. The van der Waals surface area contributed by atoms with Gasteiger partial charge < -0.3 is 10.1 Å². The summed E-state index contributed by atoms with van der Waals surface area (Å²) in [6.07, 6.45) is -9.37. The Labute approximate surface area is 182 Å². The van der Waals surface area contributed by atoms with Crippen LogP contribution in [0, 0.1) is 0 Å². The number of benzene rings is 2. The second-order valence-electron chi connectivity index (χ2n) is 6.39. The average molecular weight is 477 g/mol. The number of halogens is 8. The summed E-state index contributed by atoms with van der Waals surface area (Å²) < 4.78 is 81.7. The number of hydrogen-bond acceptors (Lipinski definition) is 3. The molecule has 0 radical (unpaired) electrons. The van der Waals surface area contributed by atoms with Gasteiger partial charge in [0.05, 0.1) is 11.6 Å². The molecule has 0 aromatic heterocycles. The zero-order chi connectivity index (χ0) is 20.4. The van der Waals surface area contributed by atoms with Gasteiger partial charge in [-0.05, 0) is 29.3 Å². The molecule has 3 rings (SSSR count). The van der Waals surface area contributed by atoms with Gasteiger partial charge in [0.2, 0.25) is 0 Å². The molecule has 11 heteroatoms. The van der Waals surface area contributed by atoms with Crippen molar-refractivity contribution in [3.63, 3.8) is 0 Å². The summed E-state index contributed by atoms with van der Waals surface area (Å²) in [5.41, 5.74) is -0.219. The zero-order valence-electron chi connectivity index (χ0n) is 15.5. The first-order chi connectivity index (χ1) is 13.1. The van der Waals surface area contributed by atoms with E-state index in [2.05, 4.69) is 10.1 Å². The van der Waals surface area contributed by atoms with Crippen LogP contribution in [-0.2, 0) is 6.18 Å². The molecule has 1 fully saturated rings. The van der Waals surface area contributed by atoms with Crippen LogP contribution in [0.25, 0.3) is 0 Å². The number of nitrogens with one attached hydrogen (secondary N) is 1. The van der Waals surface area contributed by atoms with Crippen LogP contribution in [0.3, 0.4) is 0 Å². The Balaban J connectivity index is 0.00000225. The van der Waals surface area contributed by atoms with E-state index in [1.165, 1.54) is 30.3 Å². The fraction of sp³-hybridized carbons (Fsp3) is 0.368. The van der Waals surface area contributed by atoms with Crippen LogP contribution in [0.4, 0.5) is 26.3 Å². The molecule has 2 aromatic rings. The summed E-state index contributed by atoms with van der Waals surface area (Å²) in [6.45, 7) is 2.25. The Morgan fingerprint density at radius 3 is 1.93 bits per heavy atom. The Kier molecular flexibility index (Phi) is 9.28. The summed E-state index contributed by atoms with van der Waals surface area (Å²) in [5.74, 6) is -0.417. The topological polar surface area (TPSA) is 24.5 Å². The summed E-state index contributed by atoms with van der Waals surface area (Å²) in [6, 6.07) is 9.54. The number of rotatable bonds is 4. The van der Waals surface area contributed by atoms with E-state index >= 15 is 0 Å². The highest BCUT2D eigenvalue weighted by atomic mass is 35.5. The Bertz CT molecular complexity index is 793. The maximum atomic E-state index is 13.6. The zero-order valence-corrected chi connectivity index (χ0v) is 17.1. The van der Waals surface area contributed by atoms with E-state index < -0.39 is 29.9 Å². The van der Waals surface area contributed by atoms with E-state index in [1.807, 2.05) is 4.90 Å². The highest BCUT2D eigenvalue weighted by Gasteiger charge is 2.37. The summed E-state index contributed by atoms with van der Waals surface area (Å²) in [5, 5.41) is 3.14. The molecule has 0 saturated carbocycles. The predicted octanol–water partition coefficient (Wildman–Crippen LogP) is 5.44. The average Bonchev–Trinajstić information content (AvgIpc) is 2.63. The fourth-order valence-corrected chi connectivity index (χ4v) is 3.37. The second kappa shape index (κ2) is 10.6. The van der Waals surface area contributed by atoms with E-state index in [9.17, 15) is 26.3 Å². The molecular weight excluding hydrogens is 457 g/mol. The van der Waals surface area contributed by atoms with Crippen LogP contribution in [0.2, 0.25) is 0 Å². The van der Waals surface area contributed by atoms with Gasteiger partial charge in [0, 0.05) is 26.2 Å². The molecule has 0 spiro atoms. The molecule has 1 N–H and O–H groups in total. The van der Waals surface area contributed by atoms with E-state index in [-0.39, 0.29) is 30.4 Å². The summed E-state index contributed by atoms with van der Waals surface area (Å²) in [4.78, 5) is 1.89. The minimum atomic E-state index is -4.83. The molecule has 0 unspecified atom stereocenters. The molecule has 30 heavy (non-hydrogen) atoms. The van der Waals surface area contributed by atoms with Gasteiger partial charge in [-0.25, -0.2) is 0 Å². The monoisotopic (exact) mass is 476 g/mol. The number of ether oxygens (including phenoxy) is 1. The van der Waals surface area contributed by atoms with Crippen molar-refractivity contribution >= 4 is 24.8 Å².